The predicted molar refractivity (Wildman–Crippen MR) is 79.7 cm³/mol. The second kappa shape index (κ2) is 6.69. The lowest BCUT2D eigenvalue weighted by Gasteiger charge is -2.04. The molecule has 2 aromatic heterocycles. The van der Waals surface area contributed by atoms with Gasteiger partial charge in [-0.1, -0.05) is 29.4 Å². The first kappa shape index (κ1) is 14.0. The molecule has 3 aromatic rings. The van der Waals surface area contributed by atoms with E-state index in [1.165, 1.54) is 11.8 Å². The number of hydrogen-bond donors (Lipinski definition) is 0. The zero-order chi connectivity index (χ0) is 14.5. The molecule has 0 radical (unpaired) electrons. The van der Waals surface area contributed by atoms with Gasteiger partial charge in [-0.25, -0.2) is 0 Å². The molecule has 0 bridgehead atoms. The van der Waals surface area contributed by atoms with E-state index in [2.05, 4.69) is 10.2 Å². The highest BCUT2D eigenvalue weighted by atomic mass is 35.5. The van der Waals surface area contributed by atoms with E-state index in [4.69, 9.17) is 25.2 Å². The van der Waals surface area contributed by atoms with E-state index >= 15 is 0 Å². The average molecular weight is 323 g/mol. The lowest BCUT2D eigenvalue weighted by Crippen LogP contribution is -1.99. The SMILES string of the molecule is Clc1cccc(OCCSc2nnc(-c3ccco3)o2)c1. The maximum absolute atomic E-state index is 5.88. The van der Waals surface area contributed by atoms with Crippen LogP contribution in [0.3, 0.4) is 0 Å². The fourth-order valence-electron chi connectivity index (χ4n) is 1.61. The van der Waals surface area contributed by atoms with E-state index in [-0.39, 0.29) is 0 Å². The second-order valence-electron chi connectivity index (χ2n) is 4.00. The van der Waals surface area contributed by atoms with Crippen LogP contribution < -0.4 is 4.74 Å². The summed E-state index contributed by atoms with van der Waals surface area (Å²) in [4.78, 5) is 0. The van der Waals surface area contributed by atoms with Crippen LogP contribution in [0.1, 0.15) is 0 Å². The van der Waals surface area contributed by atoms with Crippen molar-refractivity contribution in [2.24, 2.45) is 0 Å². The van der Waals surface area contributed by atoms with Crippen LogP contribution in [0.4, 0.5) is 0 Å². The van der Waals surface area contributed by atoms with Gasteiger partial charge in [0.05, 0.1) is 12.9 Å². The van der Waals surface area contributed by atoms with E-state index < -0.39 is 0 Å². The zero-order valence-corrected chi connectivity index (χ0v) is 12.4. The molecule has 1 aromatic carbocycles. The van der Waals surface area contributed by atoms with Gasteiger partial charge < -0.3 is 13.6 Å². The third kappa shape index (κ3) is 3.80. The standard InChI is InChI=1S/C14H11ClN2O3S/c15-10-3-1-4-11(9-10)18-7-8-21-14-17-16-13(20-14)12-5-2-6-19-12/h1-6,9H,7-8H2. The van der Waals surface area contributed by atoms with Gasteiger partial charge in [-0.05, 0) is 30.3 Å². The molecule has 7 heteroatoms. The van der Waals surface area contributed by atoms with Crippen molar-refractivity contribution in [3.63, 3.8) is 0 Å². The maximum Gasteiger partial charge on any atom is 0.284 e. The molecule has 0 aliphatic rings. The molecule has 0 amide bonds. The van der Waals surface area contributed by atoms with Crippen molar-refractivity contribution in [1.82, 2.24) is 10.2 Å². The number of aromatic nitrogens is 2. The first-order chi connectivity index (χ1) is 10.3. The van der Waals surface area contributed by atoms with Crippen LogP contribution >= 0.6 is 23.4 Å². The smallest absolute Gasteiger partial charge is 0.284 e. The Bertz CT molecular complexity index is 700. The third-order valence-electron chi connectivity index (χ3n) is 2.51. The molecule has 0 unspecified atom stereocenters. The van der Waals surface area contributed by atoms with Gasteiger partial charge in [-0.3, -0.25) is 0 Å². The number of furan rings is 1. The number of benzene rings is 1. The zero-order valence-electron chi connectivity index (χ0n) is 10.9. The summed E-state index contributed by atoms with van der Waals surface area (Å²) < 4.78 is 16.2. The van der Waals surface area contributed by atoms with Crippen LogP contribution in [0.25, 0.3) is 11.7 Å². The van der Waals surface area contributed by atoms with Gasteiger partial charge in [0.25, 0.3) is 11.1 Å². The predicted octanol–water partition coefficient (Wildman–Crippen LogP) is 4.15. The van der Waals surface area contributed by atoms with Gasteiger partial charge in [0.1, 0.15) is 5.75 Å². The highest BCUT2D eigenvalue weighted by Gasteiger charge is 2.10. The van der Waals surface area contributed by atoms with E-state index in [0.717, 1.165) is 5.75 Å². The Morgan fingerprint density at radius 1 is 1.19 bits per heavy atom. The van der Waals surface area contributed by atoms with Crippen LogP contribution in [0, 0.1) is 0 Å². The minimum Gasteiger partial charge on any atom is -0.493 e. The van der Waals surface area contributed by atoms with Gasteiger partial charge in [0, 0.05) is 10.8 Å². The van der Waals surface area contributed by atoms with Crippen molar-refractivity contribution in [3.8, 4) is 17.4 Å². The second-order valence-corrected chi connectivity index (χ2v) is 5.49. The van der Waals surface area contributed by atoms with Crippen molar-refractivity contribution in [2.75, 3.05) is 12.4 Å². The van der Waals surface area contributed by atoms with Gasteiger partial charge in [-0.15, -0.1) is 10.2 Å². The Labute approximate surface area is 130 Å². The molecular weight excluding hydrogens is 312 g/mol. The molecular formula is C14H11ClN2O3S. The fraction of sp³-hybridized carbons (Fsp3) is 0.143. The van der Waals surface area contributed by atoms with Gasteiger partial charge >= 0.3 is 0 Å². The van der Waals surface area contributed by atoms with Crippen molar-refractivity contribution in [1.29, 1.82) is 0 Å². The molecule has 0 saturated heterocycles. The number of halogens is 1. The molecule has 0 atom stereocenters. The van der Waals surface area contributed by atoms with Gasteiger partial charge in [0.2, 0.25) is 0 Å². The molecule has 108 valence electrons. The molecule has 21 heavy (non-hydrogen) atoms. The Balaban J connectivity index is 1.48. The normalized spacial score (nSPS) is 10.7. The number of hydrogen-bond acceptors (Lipinski definition) is 6. The van der Waals surface area contributed by atoms with E-state index in [9.17, 15) is 0 Å². The van der Waals surface area contributed by atoms with Gasteiger partial charge in [0.15, 0.2) is 5.76 Å². The van der Waals surface area contributed by atoms with Crippen molar-refractivity contribution < 1.29 is 13.6 Å². The van der Waals surface area contributed by atoms with Crippen molar-refractivity contribution >= 4 is 23.4 Å². The van der Waals surface area contributed by atoms with E-state index in [0.29, 0.717) is 34.3 Å². The summed E-state index contributed by atoms with van der Waals surface area (Å²) in [6.07, 6.45) is 1.56. The number of rotatable bonds is 6. The third-order valence-corrected chi connectivity index (χ3v) is 3.53. The number of ether oxygens (including phenoxy) is 1. The van der Waals surface area contributed by atoms with Gasteiger partial charge in [-0.2, -0.15) is 0 Å². The molecule has 2 heterocycles. The highest BCUT2D eigenvalue weighted by Crippen LogP contribution is 2.23. The quantitative estimate of drug-likeness (QED) is 0.502. The summed E-state index contributed by atoms with van der Waals surface area (Å²) in [5.41, 5.74) is 0. The summed E-state index contributed by atoms with van der Waals surface area (Å²) in [6.45, 7) is 0.517. The Morgan fingerprint density at radius 2 is 2.14 bits per heavy atom. The highest BCUT2D eigenvalue weighted by molar-refractivity contribution is 7.99. The molecule has 0 saturated carbocycles. The van der Waals surface area contributed by atoms with Crippen molar-refractivity contribution in [2.45, 2.75) is 5.22 Å². The molecule has 0 aliphatic heterocycles. The fourth-order valence-corrected chi connectivity index (χ4v) is 2.37. The topological polar surface area (TPSA) is 61.3 Å². The average Bonchev–Trinajstić information content (AvgIpc) is 3.14. The first-order valence-electron chi connectivity index (χ1n) is 6.20. The van der Waals surface area contributed by atoms with Crippen LogP contribution in [0.5, 0.6) is 5.75 Å². The summed E-state index contributed by atoms with van der Waals surface area (Å²) in [7, 11) is 0. The summed E-state index contributed by atoms with van der Waals surface area (Å²) in [5.74, 6) is 2.36. The Kier molecular flexibility index (Phi) is 4.47. The first-order valence-corrected chi connectivity index (χ1v) is 7.56. The maximum atomic E-state index is 5.88. The largest absolute Gasteiger partial charge is 0.493 e. The summed E-state index contributed by atoms with van der Waals surface area (Å²) >= 11 is 7.30. The molecule has 5 nitrogen and oxygen atoms in total. The summed E-state index contributed by atoms with van der Waals surface area (Å²) in [5, 5.41) is 8.99. The lowest BCUT2D eigenvalue weighted by atomic mass is 10.3. The molecule has 0 fully saturated rings. The molecule has 0 aliphatic carbocycles. The Morgan fingerprint density at radius 3 is 2.95 bits per heavy atom. The molecule has 3 rings (SSSR count). The minimum absolute atomic E-state index is 0.373. The van der Waals surface area contributed by atoms with E-state index in [1.807, 2.05) is 12.1 Å². The molecule has 0 N–H and O–H groups in total. The van der Waals surface area contributed by atoms with Crippen LogP contribution in [0.2, 0.25) is 5.02 Å². The Hall–Kier alpha value is -1.92. The minimum atomic E-state index is 0.373. The number of nitrogens with zero attached hydrogens (tertiary/aromatic N) is 2. The van der Waals surface area contributed by atoms with Crippen molar-refractivity contribution in [3.05, 3.63) is 47.7 Å². The molecule has 0 spiro atoms. The number of thioether (sulfide) groups is 1. The van der Waals surface area contributed by atoms with Crippen LogP contribution in [0.15, 0.2) is 56.7 Å². The summed E-state index contributed by atoms with van der Waals surface area (Å²) in [6, 6.07) is 10.8. The monoisotopic (exact) mass is 322 g/mol. The van der Waals surface area contributed by atoms with Crippen LogP contribution in [-0.4, -0.2) is 22.6 Å². The van der Waals surface area contributed by atoms with E-state index in [1.54, 1.807) is 30.5 Å². The lowest BCUT2D eigenvalue weighted by molar-refractivity contribution is 0.343. The van der Waals surface area contributed by atoms with Crippen LogP contribution in [-0.2, 0) is 0 Å².